The lowest BCUT2D eigenvalue weighted by molar-refractivity contribution is -0.139. The van der Waals surface area contributed by atoms with E-state index < -0.39 is 15.8 Å². The minimum absolute atomic E-state index is 0.0352. The number of hydrogen-bond acceptors (Lipinski definition) is 7. The molecule has 0 atom stereocenters. The van der Waals surface area contributed by atoms with E-state index in [0.717, 1.165) is 6.26 Å². The summed E-state index contributed by atoms with van der Waals surface area (Å²) >= 11 is 0. The molecule has 3 aromatic rings. The zero-order chi connectivity index (χ0) is 20.3. The first kappa shape index (κ1) is 19.5. The summed E-state index contributed by atoms with van der Waals surface area (Å²) in [5.74, 6) is 0.221. The number of carbonyl (C=O) groups is 2. The van der Waals surface area contributed by atoms with Gasteiger partial charge in [-0.15, -0.1) is 0 Å². The summed E-state index contributed by atoms with van der Waals surface area (Å²) in [5.41, 5.74) is 1.42. The maximum atomic E-state index is 11.9. The molecular weight excluding hydrogens is 382 g/mol. The van der Waals surface area contributed by atoms with Crippen molar-refractivity contribution in [1.29, 1.82) is 0 Å². The Morgan fingerprint density at radius 1 is 1.11 bits per heavy atom. The van der Waals surface area contributed by atoms with Crippen LogP contribution in [0.25, 0.3) is 10.9 Å². The molecule has 8 heteroatoms. The summed E-state index contributed by atoms with van der Waals surface area (Å²) in [6.45, 7) is 0. The second kappa shape index (κ2) is 7.77. The summed E-state index contributed by atoms with van der Waals surface area (Å²) in [7, 11) is -2.11. The van der Waals surface area contributed by atoms with Crippen LogP contribution in [0.15, 0.2) is 53.6 Å². The Kier molecular flexibility index (Phi) is 5.41. The molecule has 0 saturated carbocycles. The highest BCUT2D eigenvalue weighted by molar-refractivity contribution is 7.90. The van der Waals surface area contributed by atoms with E-state index >= 15 is 0 Å². The van der Waals surface area contributed by atoms with Gasteiger partial charge in [0.1, 0.15) is 11.5 Å². The molecule has 0 aliphatic heterocycles. The van der Waals surface area contributed by atoms with E-state index in [1.165, 1.54) is 25.4 Å². The number of esters is 1. The molecule has 144 valence electrons. The van der Waals surface area contributed by atoms with Crippen LogP contribution in [0, 0.1) is 0 Å². The van der Waals surface area contributed by atoms with E-state index in [1.54, 1.807) is 30.3 Å². The van der Waals surface area contributed by atoms with E-state index in [2.05, 4.69) is 9.72 Å². The second-order valence-corrected chi connectivity index (χ2v) is 8.12. The van der Waals surface area contributed by atoms with Crippen LogP contribution in [0.3, 0.4) is 0 Å². The number of aldehydes is 1. The lowest BCUT2D eigenvalue weighted by Gasteiger charge is -2.12. The molecule has 0 fully saturated rings. The SMILES string of the molecule is COC(=O)Cc1ccc(Oc2ccnc3ccc(S(C)(=O)=O)cc23)c(C=O)c1. The Morgan fingerprint density at radius 2 is 1.89 bits per heavy atom. The van der Waals surface area contributed by atoms with Crippen molar-refractivity contribution in [3.05, 3.63) is 59.8 Å². The van der Waals surface area contributed by atoms with Gasteiger partial charge in [-0.05, 0) is 42.0 Å². The number of benzene rings is 2. The Labute approximate surface area is 161 Å². The number of rotatable bonds is 6. The number of nitrogens with zero attached hydrogens (tertiary/aromatic N) is 1. The Bertz CT molecular complexity index is 1170. The third-order valence-electron chi connectivity index (χ3n) is 4.10. The lowest BCUT2D eigenvalue weighted by Crippen LogP contribution is -2.05. The fourth-order valence-electron chi connectivity index (χ4n) is 2.67. The quantitative estimate of drug-likeness (QED) is 0.464. The van der Waals surface area contributed by atoms with E-state index in [-0.39, 0.29) is 22.6 Å². The van der Waals surface area contributed by atoms with Crippen LogP contribution in [0.5, 0.6) is 11.5 Å². The molecule has 0 unspecified atom stereocenters. The smallest absolute Gasteiger partial charge is 0.309 e. The summed E-state index contributed by atoms with van der Waals surface area (Å²) in [6.07, 6.45) is 3.31. The van der Waals surface area contributed by atoms with E-state index in [9.17, 15) is 18.0 Å². The maximum Gasteiger partial charge on any atom is 0.309 e. The number of ether oxygens (including phenoxy) is 2. The summed E-state index contributed by atoms with van der Waals surface area (Å²) in [4.78, 5) is 27.3. The van der Waals surface area contributed by atoms with Crippen LogP contribution in [-0.2, 0) is 25.8 Å². The largest absolute Gasteiger partial charge is 0.469 e. The normalized spacial score (nSPS) is 11.2. The average molecular weight is 399 g/mol. The van der Waals surface area contributed by atoms with Crippen LogP contribution in [0.1, 0.15) is 15.9 Å². The summed E-state index contributed by atoms with van der Waals surface area (Å²) < 4.78 is 34.2. The molecule has 0 amide bonds. The molecule has 1 aromatic heterocycles. The number of pyridine rings is 1. The fourth-order valence-corrected chi connectivity index (χ4v) is 3.32. The van der Waals surface area contributed by atoms with E-state index in [0.29, 0.717) is 28.5 Å². The number of carbonyl (C=O) groups excluding carboxylic acids is 2. The first-order chi connectivity index (χ1) is 13.3. The van der Waals surface area contributed by atoms with E-state index in [4.69, 9.17) is 4.74 Å². The summed E-state index contributed by atoms with van der Waals surface area (Å²) in [6, 6.07) is 10.9. The van der Waals surface area contributed by atoms with Crippen LogP contribution in [-0.4, -0.2) is 39.0 Å². The van der Waals surface area contributed by atoms with Gasteiger partial charge in [-0.3, -0.25) is 14.6 Å². The van der Waals surface area contributed by atoms with Crippen molar-refractivity contribution < 1.29 is 27.5 Å². The van der Waals surface area contributed by atoms with Crippen molar-refractivity contribution in [2.75, 3.05) is 13.4 Å². The minimum atomic E-state index is -3.40. The van der Waals surface area contributed by atoms with Gasteiger partial charge in [0.25, 0.3) is 0 Å². The highest BCUT2D eigenvalue weighted by atomic mass is 32.2. The number of sulfone groups is 1. The maximum absolute atomic E-state index is 11.9. The molecule has 0 aliphatic carbocycles. The lowest BCUT2D eigenvalue weighted by atomic mass is 10.1. The zero-order valence-electron chi connectivity index (χ0n) is 15.2. The molecule has 0 N–H and O–H groups in total. The molecule has 7 nitrogen and oxygen atoms in total. The van der Waals surface area contributed by atoms with Gasteiger partial charge in [0.05, 0.1) is 29.5 Å². The number of fused-ring (bicyclic) bond motifs is 1. The Balaban J connectivity index is 2.02. The third-order valence-corrected chi connectivity index (χ3v) is 5.21. The molecule has 0 saturated heterocycles. The fraction of sp³-hybridized carbons (Fsp3) is 0.150. The average Bonchev–Trinajstić information content (AvgIpc) is 2.68. The van der Waals surface area contributed by atoms with Gasteiger partial charge >= 0.3 is 5.97 Å². The van der Waals surface area contributed by atoms with Crippen molar-refractivity contribution in [1.82, 2.24) is 4.98 Å². The van der Waals surface area contributed by atoms with Crippen LogP contribution in [0.4, 0.5) is 0 Å². The van der Waals surface area contributed by atoms with Crippen molar-refractivity contribution in [2.45, 2.75) is 11.3 Å². The number of aromatic nitrogens is 1. The third kappa shape index (κ3) is 4.17. The predicted molar refractivity (Wildman–Crippen MR) is 102 cm³/mol. The number of methoxy groups -OCH3 is 1. The first-order valence-electron chi connectivity index (χ1n) is 8.23. The molecule has 2 aromatic carbocycles. The highest BCUT2D eigenvalue weighted by Crippen LogP contribution is 2.32. The van der Waals surface area contributed by atoms with Gasteiger partial charge in [0, 0.05) is 17.8 Å². The number of hydrogen-bond donors (Lipinski definition) is 0. The first-order valence-corrected chi connectivity index (χ1v) is 10.1. The predicted octanol–water partition coefficient (Wildman–Crippen LogP) is 2.96. The Morgan fingerprint density at radius 3 is 2.57 bits per heavy atom. The van der Waals surface area contributed by atoms with Crippen LogP contribution >= 0.6 is 0 Å². The molecule has 28 heavy (non-hydrogen) atoms. The molecular formula is C20H17NO6S. The molecule has 0 aliphatic rings. The van der Waals surface area contributed by atoms with Crippen molar-refractivity contribution >= 4 is 33.0 Å². The van der Waals surface area contributed by atoms with Gasteiger partial charge in [-0.2, -0.15) is 0 Å². The minimum Gasteiger partial charge on any atom is -0.469 e. The zero-order valence-corrected chi connectivity index (χ0v) is 16.0. The van der Waals surface area contributed by atoms with Gasteiger partial charge in [0.2, 0.25) is 0 Å². The summed E-state index contributed by atoms with van der Waals surface area (Å²) in [5, 5.41) is 0.501. The van der Waals surface area contributed by atoms with Crippen molar-refractivity contribution in [2.24, 2.45) is 0 Å². The molecule has 0 spiro atoms. The van der Waals surface area contributed by atoms with Crippen molar-refractivity contribution in [3.63, 3.8) is 0 Å². The van der Waals surface area contributed by atoms with Crippen LogP contribution < -0.4 is 4.74 Å². The second-order valence-electron chi connectivity index (χ2n) is 6.11. The van der Waals surface area contributed by atoms with Crippen molar-refractivity contribution in [3.8, 4) is 11.5 Å². The molecule has 0 bridgehead atoms. The standard InChI is InChI=1S/C20H17NO6S/c1-26-20(23)10-13-3-6-18(14(9-13)12-22)27-19-7-8-21-17-5-4-15(11-16(17)19)28(2,24)25/h3-9,11-12H,10H2,1-2H3. The van der Waals surface area contributed by atoms with Crippen LogP contribution in [0.2, 0.25) is 0 Å². The highest BCUT2D eigenvalue weighted by Gasteiger charge is 2.13. The van der Waals surface area contributed by atoms with Gasteiger partial charge in [-0.25, -0.2) is 8.42 Å². The molecule has 0 radical (unpaired) electrons. The van der Waals surface area contributed by atoms with E-state index in [1.807, 2.05) is 0 Å². The molecule has 3 rings (SSSR count). The Hall–Kier alpha value is -3.26. The monoisotopic (exact) mass is 399 g/mol. The van der Waals surface area contributed by atoms with Gasteiger partial charge < -0.3 is 9.47 Å². The van der Waals surface area contributed by atoms with Gasteiger partial charge in [0.15, 0.2) is 16.1 Å². The molecule has 1 heterocycles. The van der Waals surface area contributed by atoms with Gasteiger partial charge in [-0.1, -0.05) is 6.07 Å². The topological polar surface area (TPSA) is 99.6 Å².